The molecule has 2 bridgehead atoms. The van der Waals surface area contributed by atoms with Crippen LogP contribution < -0.4 is 10.6 Å². The number of piperazine rings is 3. The second-order valence-corrected chi connectivity index (χ2v) is 6.49. The van der Waals surface area contributed by atoms with Crippen LogP contribution in [0.2, 0.25) is 0 Å². The normalized spacial score (nSPS) is 25.9. The van der Waals surface area contributed by atoms with Gasteiger partial charge in [-0.1, -0.05) is 24.3 Å². The fourth-order valence-electron chi connectivity index (χ4n) is 3.43. The molecule has 134 valence electrons. The molecule has 1 atom stereocenters. The summed E-state index contributed by atoms with van der Waals surface area (Å²) in [6, 6.07) is 9.07. The van der Waals surface area contributed by atoms with Gasteiger partial charge in [0.05, 0.1) is 6.54 Å². The second kappa shape index (κ2) is 9.58. The molecule has 5 nitrogen and oxygen atoms in total. The van der Waals surface area contributed by atoms with Gasteiger partial charge in [0.1, 0.15) is 0 Å². The van der Waals surface area contributed by atoms with Crippen molar-refractivity contribution >= 4 is 29.9 Å². The van der Waals surface area contributed by atoms with Gasteiger partial charge in [0.2, 0.25) is 0 Å². The largest absolute Gasteiger partial charge is 0.357 e. The van der Waals surface area contributed by atoms with Crippen LogP contribution in [0.3, 0.4) is 0 Å². The lowest BCUT2D eigenvalue weighted by Crippen LogP contribution is -2.63. The van der Waals surface area contributed by atoms with Crippen LogP contribution in [0.1, 0.15) is 18.1 Å². The van der Waals surface area contributed by atoms with Crippen LogP contribution in [0.25, 0.3) is 0 Å². The first-order chi connectivity index (χ1) is 11.3. The molecule has 0 spiro atoms. The van der Waals surface area contributed by atoms with Gasteiger partial charge in [0.15, 0.2) is 5.96 Å². The number of aliphatic imine (C=N–C) groups is 1. The summed E-state index contributed by atoms with van der Waals surface area (Å²) in [6.45, 7) is 12.9. The number of hydrogen-bond acceptors (Lipinski definition) is 3. The van der Waals surface area contributed by atoms with Crippen molar-refractivity contribution in [1.29, 1.82) is 0 Å². The van der Waals surface area contributed by atoms with E-state index in [1.165, 1.54) is 43.9 Å². The summed E-state index contributed by atoms with van der Waals surface area (Å²) in [5.74, 6) is 0.924. The molecule has 24 heavy (non-hydrogen) atoms. The summed E-state index contributed by atoms with van der Waals surface area (Å²) in [7, 11) is 0. The van der Waals surface area contributed by atoms with Gasteiger partial charge in [0, 0.05) is 51.9 Å². The third kappa shape index (κ3) is 5.07. The number of aryl methyl sites for hydroxylation is 1. The molecule has 3 aliphatic rings. The molecule has 0 radical (unpaired) electrons. The molecule has 1 aromatic carbocycles. The molecule has 6 heteroatoms. The summed E-state index contributed by atoms with van der Waals surface area (Å²) in [5.41, 5.74) is 2.59. The molecule has 3 aliphatic heterocycles. The number of hydrogen-bond donors (Lipinski definition) is 2. The summed E-state index contributed by atoms with van der Waals surface area (Å²) < 4.78 is 0. The van der Waals surface area contributed by atoms with Crippen molar-refractivity contribution < 1.29 is 0 Å². The van der Waals surface area contributed by atoms with Crippen molar-refractivity contribution in [3.8, 4) is 0 Å². The van der Waals surface area contributed by atoms with E-state index in [2.05, 4.69) is 58.5 Å². The van der Waals surface area contributed by atoms with E-state index < -0.39 is 0 Å². The molecule has 3 saturated heterocycles. The van der Waals surface area contributed by atoms with Gasteiger partial charge in [-0.15, -0.1) is 24.0 Å². The van der Waals surface area contributed by atoms with E-state index in [1.807, 2.05) is 0 Å². The smallest absolute Gasteiger partial charge is 0.191 e. The van der Waals surface area contributed by atoms with E-state index >= 15 is 0 Å². The van der Waals surface area contributed by atoms with Crippen LogP contribution >= 0.6 is 24.0 Å². The summed E-state index contributed by atoms with van der Waals surface area (Å²) in [5, 5.41) is 6.90. The number of fused-ring (bicyclic) bond motifs is 3. The highest BCUT2D eigenvalue weighted by molar-refractivity contribution is 14.0. The summed E-state index contributed by atoms with van der Waals surface area (Å²) >= 11 is 0. The number of nitrogens with one attached hydrogen (secondary N) is 2. The van der Waals surface area contributed by atoms with E-state index in [1.54, 1.807) is 0 Å². The Bertz CT molecular complexity index is 540. The minimum Gasteiger partial charge on any atom is -0.357 e. The molecule has 0 saturated carbocycles. The molecule has 0 aromatic heterocycles. The molecule has 4 rings (SSSR count). The predicted molar refractivity (Wildman–Crippen MR) is 111 cm³/mol. The Morgan fingerprint density at radius 3 is 2.54 bits per heavy atom. The molecule has 0 amide bonds. The lowest BCUT2D eigenvalue weighted by Gasteiger charge is -2.47. The average Bonchev–Trinajstić information content (AvgIpc) is 2.60. The third-order valence-electron chi connectivity index (χ3n) is 4.91. The maximum atomic E-state index is 4.75. The number of halogens is 1. The number of rotatable bonds is 5. The first-order valence-electron chi connectivity index (χ1n) is 8.79. The van der Waals surface area contributed by atoms with Crippen LogP contribution in [-0.2, 0) is 6.54 Å². The van der Waals surface area contributed by atoms with Crippen molar-refractivity contribution in [2.45, 2.75) is 26.4 Å². The van der Waals surface area contributed by atoms with Crippen LogP contribution in [0, 0.1) is 6.92 Å². The van der Waals surface area contributed by atoms with Gasteiger partial charge in [0.25, 0.3) is 0 Å². The Morgan fingerprint density at radius 1 is 1.17 bits per heavy atom. The van der Waals surface area contributed by atoms with E-state index in [-0.39, 0.29) is 24.0 Å². The maximum Gasteiger partial charge on any atom is 0.191 e. The Kier molecular flexibility index (Phi) is 7.77. The van der Waals surface area contributed by atoms with Crippen LogP contribution in [0.4, 0.5) is 0 Å². The van der Waals surface area contributed by atoms with Crippen molar-refractivity contribution in [2.24, 2.45) is 4.99 Å². The standard InChI is InChI=1S/C18H29N5.HI/c1-3-19-18(20-12-16-7-5-4-6-15(16)2)21-13-17-14-22-8-10-23(17)11-9-22;/h4-7,17H,3,8-14H2,1-2H3,(H2,19,20,21);1H. The van der Waals surface area contributed by atoms with Crippen molar-refractivity contribution in [2.75, 3.05) is 45.8 Å². The SMILES string of the molecule is CCNC(=NCc1ccccc1C)NCC1CN2CCN1CC2.I. The summed E-state index contributed by atoms with van der Waals surface area (Å²) in [4.78, 5) is 9.94. The fraction of sp³-hybridized carbons (Fsp3) is 0.611. The minimum absolute atomic E-state index is 0. The maximum absolute atomic E-state index is 4.75. The third-order valence-corrected chi connectivity index (χ3v) is 4.91. The van der Waals surface area contributed by atoms with Gasteiger partial charge in [-0.05, 0) is 25.0 Å². The first-order valence-corrected chi connectivity index (χ1v) is 8.79. The van der Waals surface area contributed by atoms with E-state index in [9.17, 15) is 0 Å². The first kappa shape index (κ1) is 19.5. The molecule has 3 heterocycles. The predicted octanol–water partition coefficient (Wildman–Crippen LogP) is 1.67. The van der Waals surface area contributed by atoms with Crippen molar-refractivity contribution in [3.05, 3.63) is 35.4 Å². The number of benzene rings is 1. The van der Waals surface area contributed by atoms with Crippen LogP contribution in [-0.4, -0.2) is 67.6 Å². The molecular weight excluding hydrogens is 413 g/mol. The van der Waals surface area contributed by atoms with Gasteiger partial charge in [-0.3, -0.25) is 9.80 Å². The zero-order valence-corrected chi connectivity index (χ0v) is 17.1. The highest BCUT2D eigenvalue weighted by atomic mass is 127. The second-order valence-electron chi connectivity index (χ2n) is 6.49. The van der Waals surface area contributed by atoms with Gasteiger partial charge in [-0.25, -0.2) is 4.99 Å². The molecule has 1 unspecified atom stereocenters. The van der Waals surface area contributed by atoms with Crippen molar-refractivity contribution in [1.82, 2.24) is 20.4 Å². The minimum atomic E-state index is 0. The molecule has 0 aliphatic carbocycles. The Balaban J connectivity index is 0.00000208. The Hall–Kier alpha value is -0.860. The lowest BCUT2D eigenvalue weighted by molar-refractivity contribution is 0.0154. The number of nitrogens with zero attached hydrogens (tertiary/aromatic N) is 3. The topological polar surface area (TPSA) is 42.9 Å². The highest BCUT2D eigenvalue weighted by Gasteiger charge is 2.31. The van der Waals surface area contributed by atoms with E-state index in [0.717, 1.165) is 25.6 Å². The van der Waals surface area contributed by atoms with E-state index in [0.29, 0.717) is 6.04 Å². The van der Waals surface area contributed by atoms with Gasteiger partial charge in [-0.2, -0.15) is 0 Å². The Morgan fingerprint density at radius 2 is 1.92 bits per heavy atom. The quantitative estimate of drug-likeness (QED) is 0.413. The molecule has 3 fully saturated rings. The van der Waals surface area contributed by atoms with Gasteiger partial charge >= 0.3 is 0 Å². The van der Waals surface area contributed by atoms with Crippen LogP contribution in [0.15, 0.2) is 29.3 Å². The average molecular weight is 443 g/mol. The van der Waals surface area contributed by atoms with Crippen LogP contribution in [0.5, 0.6) is 0 Å². The fourth-order valence-corrected chi connectivity index (χ4v) is 3.43. The monoisotopic (exact) mass is 443 g/mol. The highest BCUT2D eigenvalue weighted by Crippen LogP contribution is 2.14. The van der Waals surface area contributed by atoms with E-state index in [4.69, 9.17) is 4.99 Å². The number of guanidine groups is 1. The zero-order valence-electron chi connectivity index (χ0n) is 14.8. The van der Waals surface area contributed by atoms with Crippen molar-refractivity contribution in [3.63, 3.8) is 0 Å². The molecule has 1 aromatic rings. The lowest BCUT2D eigenvalue weighted by atomic mass is 10.1. The molecule has 2 N–H and O–H groups in total. The summed E-state index contributed by atoms with van der Waals surface area (Å²) in [6.07, 6.45) is 0. The Labute approximate surface area is 162 Å². The molecular formula is C18H30IN5. The van der Waals surface area contributed by atoms with Gasteiger partial charge < -0.3 is 10.6 Å². The zero-order chi connectivity index (χ0) is 16.1.